The molecule has 0 N–H and O–H groups in total. The minimum atomic E-state index is -0.961. The van der Waals surface area contributed by atoms with Crippen molar-refractivity contribution in [2.75, 3.05) is 0 Å². The van der Waals surface area contributed by atoms with Crippen LogP contribution in [0.15, 0.2) is 30.3 Å². The molecular weight excluding hydrogens is 164 g/mol. The second-order valence-corrected chi connectivity index (χ2v) is 2.78. The number of hydrogen-bond acceptors (Lipinski definition) is 2. The quantitative estimate of drug-likeness (QED) is 0.690. The lowest BCUT2D eigenvalue weighted by molar-refractivity contribution is -0.305. The summed E-state index contributed by atoms with van der Waals surface area (Å²) in [7, 11) is 0. The Hall–Kier alpha value is -1.31. The van der Waals surface area contributed by atoms with Crippen LogP contribution in [0.3, 0.4) is 0 Å². The molecule has 0 fully saturated rings. The zero-order chi connectivity index (χ0) is 10.1. The van der Waals surface area contributed by atoms with Crippen LogP contribution in [0.4, 0.5) is 0 Å². The molecule has 2 nitrogen and oxygen atoms in total. The Morgan fingerprint density at radius 1 is 1.31 bits per heavy atom. The first-order valence-corrected chi connectivity index (χ1v) is 4.38. The molecule has 0 amide bonds. The maximum atomic E-state index is 9.49. The number of carboxylic acids is 1. The maximum Gasteiger partial charge on any atom is 0.0414 e. The first-order valence-electron chi connectivity index (χ1n) is 4.38. The lowest BCUT2D eigenvalue weighted by Crippen LogP contribution is -2.20. The number of hydrogen-bond donors (Lipinski definition) is 0. The molecular formula is C11H15O2-. The fourth-order valence-corrected chi connectivity index (χ4v) is 0.739. The molecule has 0 aliphatic carbocycles. The van der Waals surface area contributed by atoms with Crippen LogP contribution in [0.5, 0.6) is 0 Å². The molecule has 1 aromatic rings. The number of carboxylic acid groups (broad SMARTS) is 1. The van der Waals surface area contributed by atoms with Crippen molar-refractivity contribution < 1.29 is 9.90 Å². The summed E-state index contributed by atoms with van der Waals surface area (Å²) in [4.78, 5) is 9.49. The van der Waals surface area contributed by atoms with Gasteiger partial charge < -0.3 is 9.90 Å². The van der Waals surface area contributed by atoms with E-state index >= 15 is 0 Å². The van der Waals surface area contributed by atoms with Gasteiger partial charge in [-0.3, -0.25) is 0 Å². The lowest BCUT2D eigenvalue weighted by Gasteiger charge is -1.92. The molecule has 0 saturated heterocycles. The number of carbonyl (C=O) groups excluding carboxylic acids is 1. The summed E-state index contributed by atoms with van der Waals surface area (Å²) >= 11 is 0. The average molecular weight is 179 g/mol. The van der Waals surface area contributed by atoms with Gasteiger partial charge in [0.2, 0.25) is 0 Å². The first-order chi connectivity index (χ1) is 6.16. The predicted molar refractivity (Wildman–Crippen MR) is 51.1 cm³/mol. The summed E-state index contributed by atoms with van der Waals surface area (Å²) in [5, 5.41) is 9.49. The molecule has 0 aliphatic rings. The molecule has 0 aliphatic heterocycles. The monoisotopic (exact) mass is 179 g/mol. The van der Waals surface area contributed by atoms with Crippen molar-refractivity contribution in [3.05, 3.63) is 35.9 Å². The zero-order valence-corrected chi connectivity index (χ0v) is 8.12. The van der Waals surface area contributed by atoms with Gasteiger partial charge >= 0.3 is 0 Å². The molecule has 0 radical (unpaired) electrons. The second-order valence-electron chi connectivity index (χ2n) is 2.78. The van der Waals surface area contributed by atoms with E-state index in [1.54, 1.807) is 6.92 Å². The van der Waals surface area contributed by atoms with E-state index in [1.807, 2.05) is 18.2 Å². The van der Waals surface area contributed by atoms with Crippen molar-refractivity contribution in [3.8, 4) is 0 Å². The smallest absolute Gasteiger partial charge is 0.0414 e. The number of aryl methyl sites for hydroxylation is 1. The van der Waals surface area contributed by atoms with Crippen LogP contribution in [0.2, 0.25) is 0 Å². The fraction of sp³-hybridized carbons (Fsp3) is 0.364. The van der Waals surface area contributed by atoms with Gasteiger partial charge in [0, 0.05) is 5.97 Å². The van der Waals surface area contributed by atoms with E-state index in [0.717, 1.165) is 0 Å². The number of benzene rings is 1. The second kappa shape index (κ2) is 7.35. The van der Waals surface area contributed by atoms with Gasteiger partial charge in [0.05, 0.1) is 0 Å². The number of carbonyl (C=O) groups is 1. The van der Waals surface area contributed by atoms with Crippen LogP contribution >= 0.6 is 0 Å². The van der Waals surface area contributed by atoms with Crippen LogP contribution in [0.25, 0.3) is 0 Å². The molecule has 2 heteroatoms. The SMILES string of the molecule is CCCC(=O)[O-].Cc1ccccc1. The number of rotatable bonds is 2. The largest absolute Gasteiger partial charge is 0.550 e. The van der Waals surface area contributed by atoms with Gasteiger partial charge in [0.15, 0.2) is 0 Å². The molecule has 0 atom stereocenters. The number of aliphatic carboxylic acids is 1. The molecule has 1 rings (SSSR count). The summed E-state index contributed by atoms with van der Waals surface area (Å²) in [5.74, 6) is -0.961. The van der Waals surface area contributed by atoms with E-state index < -0.39 is 5.97 Å². The minimum Gasteiger partial charge on any atom is -0.550 e. The van der Waals surface area contributed by atoms with E-state index in [-0.39, 0.29) is 6.42 Å². The molecule has 0 heterocycles. The molecule has 0 saturated carbocycles. The standard InChI is InChI=1S/C7H8.C4H8O2/c1-7-5-3-2-4-6-7;1-2-3-4(5)6/h2-6H,1H3;2-3H2,1H3,(H,5,6)/p-1. The van der Waals surface area contributed by atoms with Crippen molar-refractivity contribution >= 4 is 5.97 Å². The third-order valence-electron chi connectivity index (χ3n) is 1.39. The van der Waals surface area contributed by atoms with Gasteiger partial charge in [-0.05, 0) is 13.3 Å². The highest BCUT2D eigenvalue weighted by Gasteiger charge is 1.75. The summed E-state index contributed by atoms with van der Waals surface area (Å²) in [6.07, 6.45) is 0.850. The third kappa shape index (κ3) is 8.60. The Labute approximate surface area is 79.2 Å². The predicted octanol–water partition coefficient (Wildman–Crippen LogP) is 1.53. The maximum absolute atomic E-state index is 9.49. The first kappa shape index (κ1) is 11.7. The van der Waals surface area contributed by atoms with Crippen molar-refractivity contribution in [2.24, 2.45) is 0 Å². The Morgan fingerprint density at radius 2 is 1.85 bits per heavy atom. The molecule has 0 aromatic heterocycles. The van der Waals surface area contributed by atoms with E-state index in [0.29, 0.717) is 6.42 Å². The zero-order valence-electron chi connectivity index (χ0n) is 8.12. The highest BCUT2D eigenvalue weighted by atomic mass is 16.4. The topological polar surface area (TPSA) is 40.1 Å². The molecule has 72 valence electrons. The van der Waals surface area contributed by atoms with Crippen molar-refractivity contribution in [3.63, 3.8) is 0 Å². The van der Waals surface area contributed by atoms with Crippen LogP contribution in [-0.2, 0) is 4.79 Å². The third-order valence-corrected chi connectivity index (χ3v) is 1.39. The van der Waals surface area contributed by atoms with Gasteiger partial charge in [0.25, 0.3) is 0 Å². The van der Waals surface area contributed by atoms with E-state index in [9.17, 15) is 9.90 Å². The molecule has 0 bridgehead atoms. The Bertz CT molecular complexity index is 229. The molecule has 1 aromatic carbocycles. The van der Waals surface area contributed by atoms with E-state index in [2.05, 4.69) is 19.1 Å². The van der Waals surface area contributed by atoms with E-state index in [4.69, 9.17) is 0 Å². The van der Waals surface area contributed by atoms with E-state index in [1.165, 1.54) is 5.56 Å². The molecule has 0 unspecified atom stereocenters. The summed E-state index contributed by atoms with van der Waals surface area (Å²) in [5.41, 5.74) is 1.32. The Kier molecular flexibility index (Phi) is 6.60. The Morgan fingerprint density at radius 3 is 2.00 bits per heavy atom. The summed E-state index contributed by atoms with van der Waals surface area (Å²) in [6, 6.07) is 10.3. The van der Waals surface area contributed by atoms with Crippen molar-refractivity contribution in [2.45, 2.75) is 26.7 Å². The van der Waals surface area contributed by atoms with Gasteiger partial charge in [-0.1, -0.05) is 49.2 Å². The van der Waals surface area contributed by atoms with Crippen LogP contribution in [0, 0.1) is 6.92 Å². The van der Waals surface area contributed by atoms with Crippen LogP contribution < -0.4 is 5.11 Å². The highest BCUT2D eigenvalue weighted by molar-refractivity contribution is 5.63. The Balaban J connectivity index is 0.000000226. The van der Waals surface area contributed by atoms with Gasteiger partial charge in [-0.2, -0.15) is 0 Å². The average Bonchev–Trinajstić information content (AvgIpc) is 2.06. The molecule has 13 heavy (non-hydrogen) atoms. The summed E-state index contributed by atoms with van der Waals surface area (Å²) < 4.78 is 0. The minimum absolute atomic E-state index is 0.181. The van der Waals surface area contributed by atoms with Gasteiger partial charge in [-0.15, -0.1) is 0 Å². The van der Waals surface area contributed by atoms with Crippen molar-refractivity contribution in [1.82, 2.24) is 0 Å². The van der Waals surface area contributed by atoms with Gasteiger partial charge in [-0.25, -0.2) is 0 Å². The van der Waals surface area contributed by atoms with Crippen molar-refractivity contribution in [1.29, 1.82) is 0 Å². The fourth-order valence-electron chi connectivity index (χ4n) is 0.739. The van der Waals surface area contributed by atoms with Crippen LogP contribution in [-0.4, -0.2) is 5.97 Å². The lowest BCUT2D eigenvalue weighted by atomic mass is 10.2. The van der Waals surface area contributed by atoms with Gasteiger partial charge in [0.1, 0.15) is 0 Å². The highest BCUT2D eigenvalue weighted by Crippen LogP contribution is 1.92. The van der Waals surface area contributed by atoms with Crippen LogP contribution in [0.1, 0.15) is 25.3 Å². The normalized spacial score (nSPS) is 8.46. The summed E-state index contributed by atoms with van der Waals surface area (Å²) in [6.45, 7) is 3.88. The molecule has 0 spiro atoms.